The van der Waals surface area contributed by atoms with Crippen LogP contribution in [0.25, 0.3) is 0 Å². The monoisotopic (exact) mass is 437 g/mol. The van der Waals surface area contributed by atoms with Gasteiger partial charge in [0.15, 0.2) is 6.04 Å². The smallest absolute Gasteiger partial charge is 0.328 e. The average Bonchev–Trinajstić information content (AvgIpc) is 2.64. The van der Waals surface area contributed by atoms with Crippen LogP contribution in [0, 0.1) is 0 Å². The number of rotatable bonds is 13. The largest absolute Gasteiger partial charge is 0.480 e. The predicted molar refractivity (Wildman–Crippen MR) is 102 cm³/mol. The van der Waals surface area contributed by atoms with Crippen LogP contribution < -0.4 is 27.4 Å². The number of aliphatic hydroxyl groups excluding tert-OH is 2. The summed E-state index contributed by atoms with van der Waals surface area (Å²) in [5.74, 6) is -5.11. The van der Waals surface area contributed by atoms with Gasteiger partial charge >= 0.3 is 5.97 Å². The molecule has 0 saturated heterocycles. The maximum absolute atomic E-state index is 12.2. The standard InChI is InChI=1S/C15H27N5O8S/c1-6(22)11(15(27)28)20-14(26)9(5-29)19-13(25)8(4-21)18-12(24)7(16)2-3-10(17)23/h6-9,11,21-22,29H,2-5,16H2,1H3,(H2,17,23)(H,18,24)(H,19,25)(H,20,26)(H,27,28). The first kappa shape index (κ1) is 26.6. The quantitative estimate of drug-likeness (QED) is 0.126. The second-order valence-corrected chi connectivity index (χ2v) is 6.53. The van der Waals surface area contributed by atoms with Gasteiger partial charge in [0.2, 0.25) is 23.6 Å². The Hall–Kier alpha value is -2.42. The summed E-state index contributed by atoms with van der Waals surface area (Å²) >= 11 is 3.90. The van der Waals surface area contributed by atoms with Gasteiger partial charge < -0.3 is 42.7 Å². The van der Waals surface area contributed by atoms with E-state index in [0.29, 0.717) is 0 Å². The number of nitrogens with two attached hydrogens (primary N) is 2. The fraction of sp³-hybridized carbons (Fsp3) is 0.667. The van der Waals surface area contributed by atoms with Gasteiger partial charge in [0, 0.05) is 12.2 Å². The maximum Gasteiger partial charge on any atom is 0.328 e. The summed E-state index contributed by atoms with van der Waals surface area (Å²) in [7, 11) is 0. The van der Waals surface area contributed by atoms with E-state index in [2.05, 4.69) is 23.3 Å². The molecule has 4 amide bonds. The fourth-order valence-electron chi connectivity index (χ4n) is 2.01. The van der Waals surface area contributed by atoms with E-state index in [0.717, 1.165) is 6.92 Å². The van der Waals surface area contributed by atoms with Gasteiger partial charge in [0.1, 0.15) is 12.1 Å². The van der Waals surface area contributed by atoms with Crippen LogP contribution >= 0.6 is 12.6 Å². The number of nitrogens with one attached hydrogen (secondary N) is 3. The summed E-state index contributed by atoms with van der Waals surface area (Å²) < 4.78 is 0. The molecule has 0 heterocycles. The molecular formula is C15H27N5O8S. The number of thiol groups is 1. The number of hydrogen-bond acceptors (Lipinski definition) is 9. The number of carbonyl (C=O) groups excluding carboxylic acids is 4. The topological polar surface area (TPSA) is 234 Å². The first-order valence-corrected chi connectivity index (χ1v) is 9.15. The molecule has 0 aromatic carbocycles. The highest BCUT2D eigenvalue weighted by atomic mass is 32.1. The minimum absolute atomic E-state index is 0.0709. The highest BCUT2D eigenvalue weighted by Crippen LogP contribution is 1.99. The third-order valence-corrected chi connectivity index (χ3v) is 4.08. The number of carbonyl (C=O) groups is 5. The van der Waals surface area contributed by atoms with E-state index in [1.165, 1.54) is 0 Å². The minimum Gasteiger partial charge on any atom is -0.480 e. The number of carboxylic acid groups (broad SMARTS) is 1. The molecular weight excluding hydrogens is 410 g/mol. The Morgan fingerprint density at radius 3 is 1.93 bits per heavy atom. The molecule has 0 aliphatic heterocycles. The molecule has 0 fully saturated rings. The van der Waals surface area contributed by atoms with Crippen molar-refractivity contribution < 1.29 is 39.3 Å². The fourth-order valence-corrected chi connectivity index (χ4v) is 2.27. The van der Waals surface area contributed by atoms with Crippen LogP contribution in [-0.2, 0) is 24.0 Å². The molecule has 0 saturated carbocycles. The lowest BCUT2D eigenvalue weighted by Crippen LogP contribution is -2.59. The number of amides is 4. The third-order valence-electron chi connectivity index (χ3n) is 3.72. The van der Waals surface area contributed by atoms with Crippen molar-refractivity contribution >= 4 is 42.2 Å². The minimum atomic E-state index is -1.61. The number of aliphatic carboxylic acids is 1. The second kappa shape index (κ2) is 12.9. The summed E-state index contributed by atoms with van der Waals surface area (Å²) in [6.07, 6.45) is -1.63. The molecule has 29 heavy (non-hydrogen) atoms. The molecule has 166 valence electrons. The zero-order valence-corrected chi connectivity index (χ0v) is 16.6. The molecule has 0 aliphatic carbocycles. The highest BCUT2D eigenvalue weighted by Gasteiger charge is 2.31. The Kier molecular flexibility index (Phi) is 11.8. The average molecular weight is 437 g/mol. The van der Waals surface area contributed by atoms with Gasteiger partial charge in [-0.05, 0) is 13.3 Å². The van der Waals surface area contributed by atoms with E-state index >= 15 is 0 Å². The molecule has 0 aromatic heterocycles. The molecule has 0 radical (unpaired) electrons. The Bertz CT molecular complexity index is 618. The first-order chi connectivity index (χ1) is 13.4. The summed E-state index contributed by atoms with van der Waals surface area (Å²) in [5, 5.41) is 34.1. The molecule has 5 unspecified atom stereocenters. The van der Waals surface area contributed by atoms with Crippen molar-refractivity contribution in [1.82, 2.24) is 16.0 Å². The van der Waals surface area contributed by atoms with Crippen molar-refractivity contribution in [2.24, 2.45) is 11.5 Å². The lowest BCUT2D eigenvalue weighted by molar-refractivity contribution is -0.145. The van der Waals surface area contributed by atoms with Crippen molar-refractivity contribution in [2.45, 2.75) is 50.0 Å². The van der Waals surface area contributed by atoms with E-state index < -0.39 is 66.5 Å². The van der Waals surface area contributed by atoms with Crippen LogP contribution in [0.15, 0.2) is 0 Å². The summed E-state index contributed by atoms with van der Waals surface area (Å²) in [4.78, 5) is 58.1. The SMILES string of the molecule is CC(O)C(NC(=O)C(CS)NC(=O)C(CO)NC(=O)C(N)CCC(N)=O)C(=O)O. The molecule has 0 bridgehead atoms. The van der Waals surface area contributed by atoms with Crippen LogP contribution in [-0.4, -0.2) is 87.5 Å². The summed E-state index contributed by atoms with van der Waals surface area (Å²) in [6, 6.07) is -5.56. The second-order valence-electron chi connectivity index (χ2n) is 6.16. The molecule has 13 nitrogen and oxygen atoms in total. The van der Waals surface area contributed by atoms with E-state index in [1.54, 1.807) is 0 Å². The van der Waals surface area contributed by atoms with E-state index in [9.17, 15) is 34.2 Å². The number of aliphatic hydroxyl groups is 2. The van der Waals surface area contributed by atoms with Crippen LogP contribution in [0.4, 0.5) is 0 Å². The third kappa shape index (κ3) is 9.56. The van der Waals surface area contributed by atoms with Crippen molar-refractivity contribution in [3.8, 4) is 0 Å². The Balaban J connectivity index is 4.95. The number of primary amides is 1. The normalized spacial score (nSPS) is 15.9. The molecule has 0 spiro atoms. The van der Waals surface area contributed by atoms with E-state index in [-0.39, 0.29) is 18.6 Å². The van der Waals surface area contributed by atoms with Crippen LogP contribution in [0.3, 0.4) is 0 Å². The molecule has 0 aromatic rings. The summed E-state index contributed by atoms with van der Waals surface area (Å²) in [5.41, 5.74) is 10.5. The van der Waals surface area contributed by atoms with Gasteiger partial charge in [0.25, 0.3) is 0 Å². The predicted octanol–water partition coefficient (Wildman–Crippen LogP) is -4.58. The number of carboxylic acids is 1. The molecule has 14 heteroatoms. The Labute approximate surface area is 172 Å². The molecule has 10 N–H and O–H groups in total. The zero-order chi connectivity index (χ0) is 22.7. The van der Waals surface area contributed by atoms with Crippen LogP contribution in [0.1, 0.15) is 19.8 Å². The lowest BCUT2D eigenvalue weighted by Gasteiger charge is -2.24. The Morgan fingerprint density at radius 2 is 1.52 bits per heavy atom. The van der Waals surface area contributed by atoms with Crippen LogP contribution in [0.2, 0.25) is 0 Å². The van der Waals surface area contributed by atoms with Crippen molar-refractivity contribution in [1.29, 1.82) is 0 Å². The van der Waals surface area contributed by atoms with Gasteiger partial charge in [-0.2, -0.15) is 12.6 Å². The maximum atomic E-state index is 12.2. The molecule has 5 atom stereocenters. The van der Waals surface area contributed by atoms with Crippen LogP contribution in [0.5, 0.6) is 0 Å². The van der Waals surface area contributed by atoms with Gasteiger partial charge in [-0.3, -0.25) is 19.2 Å². The lowest BCUT2D eigenvalue weighted by atomic mass is 10.1. The van der Waals surface area contributed by atoms with Gasteiger partial charge in [-0.25, -0.2) is 4.79 Å². The molecule has 0 rings (SSSR count). The Morgan fingerprint density at radius 1 is 1.00 bits per heavy atom. The van der Waals surface area contributed by atoms with Crippen molar-refractivity contribution in [3.63, 3.8) is 0 Å². The van der Waals surface area contributed by atoms with Gasteiger partial charge in [-0.1, -0.05) is 0 Å². The summed E-state index contributed by atoms with van der Waals surface area (Å²) in [6.45, 7) is 0.332. The molecule has 0 aliphatic rings. The van der Waals surface area contributed by atoms with E-state index in [4.69, 9.17) is 16.6 Å². The van der Waals surface area contributed by atoms with Crippen molar-refractivity contribution in [3.05, 3.63) is 0 Å². The first-order valence-electron chi connectivity index (χ1n) is 8.52. The van der Waals surface area contributed by atoms with E-state index in [1.807, 2.05) is 5.32 Å². The van der Waals surface area contributed by atoms with Crippen molar-refractivity contribution in [2.75, 3.05) is 12.4 Å². The number of hydrogen-bond donors (Lipinski definition) is 9. The zero-order valence-electron chi connectivity index (χ0n) is 15.7. The van der Waals surface area contributed by atoms with Gasteiger partial charge in [0.05, 0.1) is 18.8 Å². The van der Waals surface area contributed by atoms with Gasteiger partial charge in [-0.15, -0.1) is 0 Å². The highest BCUT2D eigenvalue weighted by molar-refractivity contribution is 7.80.